The molecule has 0 spiro atoms. The highest BCUT2D eigenvalue weighted by atomic mass is 16.5. The van der Waals surface area contributed by atoms with Gasteiger partial charge in [-0.3, -0.25) is 4.79 Å². The molecule has 9 nitrogen and oxygen atoms in total. The predicted octanol–water partition coefficient (Wildman–Crippen LogP) is 2.69. The van der Waals surface area contributed by atoms with Gasteiger partial charge in [-0.2, -0.15) is 4.98 Å². The van der Waals surface area contributed by atoms with Crippen LogP contribution in [0.3, 0.4) is 0 Å². The van der Waals surface area contributed by atoms with Gasteiger partial charge < -0.3 is 29.3 Å². The van der Waals surface area contributed by atoms with Crippen molar-refractivity contribution in [1.29, 1.82) is 0 Å². The number of nitrogens with zero attached hydrogens (tertiary/aromatic N) is 4. The quantitative estimate of drug-likeness (QED) is 0.729. The number of anilines is 2. The highest BCUT2D eigenvalue weighted by Gasteiger charge is 2.25. The van der Waals surface area contributed by atoms with Crippen LogP contribution in [0.5, 0.6) is 11.5 Å². The first-order valence-corrected chi connectivity index (χ1v) is 11.3. The molecular formula is C23H33N5O4. The molecule has 0 saturated carbocycles. The molecule has 2 aromatic rings. The van der Waals surface area contributed by atoms with E-state index < -0.39 is 0 Å². The van der Waals surface area contributed by atoms with Crippen molar-refractivity contribution in [1.82, 2.24) is 14.9 Å². The summed E-state index contributed by atoms with van der Waals surface area (Å²) >= 11 is 0. The Balaban J connectivity index is 1.69. The number of likely N-dealkylation sites (tertiary alicyclic amines) is 1. The Morgan fingerprint density at radius 3 is 2.41 bits per heavy atom. The maximum absolute atomic E-state index is 11.7. The van der Waals surface area contributed by atoms with E-state index in [0.717, 1.165) is 68.6 Å². The summed E-state index contributed by atoms with van der Waals surface area (Å²) in [7, 11) is 5.01. The molecule has 2 fully saturated rings. The minimum atomic E-state index is 0.132. The fraction of sp³-hybridized carbons (Fsp3) is 0.609. The lowest BCUT2D eigenvalue weighted by atomic mass is 10.0. The second-order valence-corrected chi connectivity index (χ2v) is 8.47. The normalized spacial score (nSPS) is 19.8. The van der Waals surface area contributed by atoms with Gasteiger partial charge in [0.25, 0.3) is 0 Å². The average molecular weight is 444 g/mol. The molecule has 0 radical (unpaired) electrons. The van der Waals surface area contributed by atoms with Crippen molar-refractivity contribution in [3.63, 3.8) is 0 Å². The summed E-state index contributed by atoms with van der Waals surface area (Å²) in [5, 5.41) is 4.52. The van der Waals surface area contributed by atoms with E-state index >= 15 is 0 Å². The van der Waals surface area contributed by atoms with E-state index in [1.165, 1.54) is 0 Å². The van der Waals surface area contributed by atoms with Crippen LogP contribution in [0.1, 0.15) is 32.6 Å². The summed E-state index contributed by atoms with van der Waals surface area (Å²) in [5.41, 5.74) is 0.802. The van der Waals surface area contributed by atoms with Crippen LogP contribution < -0.4 is 19.7 Å². The van der Waals surface area contributed by atoms with E-state index in [1.807, 2.05) is 17.0 Å². The molecule has 2 saturated heterocycles. The van der Waals surface area contributed by atoms with E-state index in [9.17, 15) is 4.79 Å². The predicted molar refractivity (Wildman–Crippen MR) is 124 cm³/mol. The van der Waals surface area contributed by atoms with Crippen LogP contribution in [0, 0.1) is 0 Å². The third-order valence-electron chi connectivity index (χ3n) is 6.46. The molecule has 1 N–H and O–H groups in total. The van der Waals surface area contributed by atoms with Gasteiger partial charge in [-0.05, 0) is 31.7 Å². The van der Waals surface area contributed by atoms with Crippen molar-refractivity contribution in [3.05, 3.63) is 12.1 Å². The zero-order valence-corrected chi connectivity index (χ0v) is 19.4. The Bertz CT molecular complexity index is 961. The molecule has 1 aromatic carbocycles. The van der Waals surface area contributed by atoms with Gasteiger partial charge in [-0.1, -0.05) is 0 Å². The highest BCUT2D eigenvalue weighted by molar-refractivity contribution is 5.93. The monoisotopic (exact) mass is 443 g/mol. The van der Waals surface area contributed by atoms with Crippen molar-refractivity contribution in [2.24, 2.45) is 0 Å². The standard InChI is InChI=1S/C23H33N5O4/c1-15(29)27-10-7-16(8-11-27)24-22-18-12-20(31-3)21(32-4)13-19(18)25-23(26-22)28-9-5-6-17(14-28)30-2/h12-13,16-17H,5-11,14H2,1-4H3,(H,24,25,26). The topological polar surface area (TPSA) is 89.1 Å². The lowest BCUT2D eigenvalue weighted by Gasteiger charge is -2.33. The summed E-state index contributed by atoms with van der Waals surface area (Å²) in [6.07, 6.45) is 4.02. The number of methoxy groups -OCH3 is 3. The Labute approximate surface area is 189 Å². The van der Waals surface area contributed by atoms with E-state index in [0.29, 0.717) is 17.4 Å². The van der Waals surface area contributed by atoms with Crippen LogP contribution in [-0.4, -0.2) is 80.4 Å². The second kappa shape index (κ2) is 9.77. The van der Waals surface area contributed by atoms with Gasteiger partial charge in [-0.25, -0.2) is 4.98 Å². The van der Waals surface area contributed by atoms with E-state index in [4.69, 9.17) is 24.2 Å². The van der Waals surface area contributed by atoms with Crippen molar-refractivity contribution >= 4 is 28.6 Å². The van der Waals surface area contributed by atoms with Gasteiger partial charge in [0.15, 0.2) is 11.5 Å². The molecule has 0 aliphatic carbocycles. The second-order valence-electron chi connectivity index (χ2n) is 8.47. The maximum Gasteiger partial charge on any atom is 0.227 e. The molecule has 2 aliphatic heterocycles. The van der Waals surface area contributed by atoms with Crippen LogP contribution >= 0.6 is 0 Å². The van der Waals surface area contributed by atoms with Crippen molar-refractivity contribution in [3.8, 4) is 11.5 Å². The van der Waals surface area contributed by atoms with Gasteiger partial charge in [0, 0.05) is 57.7 Å². The molecule has 4 rings (SSSR count). The fourth-order valence-electron chi connectivity index (χ4n) is 4.54. The third-order valence-corrected chi connectivity index (χ3v) is 6.46. The first-order chi connectivity index (χ1) is 15.5. The summed E-state index contributed by atoms with van der Waals surface area (Å²) in [6.45, 7) is 4.80. The molecule has 0 bridgehead atoms. The van der Waals surface area contributed by atoms with Crippen LogP contribution in [0.2, 0.25) is 0 Å². The first kappa shape index (κ1) is 22.4. The molecule has 3 heterocycles. The number of piperidine rings is 2. The number of rotatable bonds is 6. The molecule has 1 aromatic heterocycles. The van der Waals surface area contributed by atoms with E-state index in [2.05, 4.69) is 10.2 Å². The van der Waals surface area contributed by atoms with Crippen LogP contribution in [0.25, 0.3) is 10.9 Å². The number of fused-ring (bicyclic) bond motifs is 1. The number of carbonyl (C=O) groups excluding carboxylic acids is 1. The number of carbonyl (C=O) groups is 1. The number of amides is 1. The number of benzene rings is 1. The lowest BCUT2D eigenvalue weighted by Crippen LogP contribution is -2.42. The van der Waals surface area contributed by atoms with Crippen LogP contribution in [0.4, 0.5) is 11.8 Å². The number of aromatic nitrogens is 2. The fourth-order valence-corrected chi connectivity index (χ4v) is 4.54. The first-order valence-electron chi connectivity index (χ1n) is 11.3. The summed E-state index contributed by atoms with van der Waals surface area (Å²) in [4.78, 5) is 25.6. The summed E-state index contributed by atoms with van der Waals surface area (Å²) in [6, 6.07) is 4.07. The maximum atomic E-state index is 11.7. The molecular weight excluding hydrogens is 410 g/mol. The van der Waals surface area contributed by atoms with Gasteiger partial charge in [0.2, 0.25) is 11.9 Å². The van der Waals surface area contributed by atoms with Crippen molar-refractivity contribution in [2.45, 2.75) is 44.8 Å². The average Bonchev–Trinajstić information content (AvgIpc) is 2.83. The molecule has 32 heavy (non-hydrogen) atoms. The highest BCUT2D eigenvalue weighted by Crippen LogP contribution is 2.36. The Hall–Kier alpha value is -2.81. The van der Waals surface area contributed by atoms with E-state index in [1.54, 1.807) is 28.3 Å². The van der Waals surface area contributed by atoms with Crippen LogP contribution in [-0.2, 0) is 9.53 Å². The van der Waals surface area contributed by atoms with Crippen molar-refractivity contribution < 1.29 is 19.0 Å². The summed E-state index contributed by atoms with van der Waals surface area (Å²) < 4.78 is 16.6. The van der Waals surface area contributed by atoms with E-state index in [-0.39, 0.29) is 18.1 Å². The SMILES string of the molecule is COc1cc2nc(N3CCCC(OC)C3)nc(NC3CCN(C(C)=O)CC3)c2cc1OC. The largest absolute Gasteiger partial charge is 0.493 e. The lowest BCUT2D eigenvalue weighted by molar-refractivity contribution is -0.129. The molecule has 2 aliphatic rings. The van der Waals surface area contributed by atoms with Gasteiger partial charge >= 0.3 is 0 Å². The molecule has 1 atom stereocenters. The minimum Gasteiger partial charge on any atom is -0.493 e. The van der Waals surface area contributed by atoms with Gasteiger partial charge in [-0.15, -0.1) is 0 Å². The smallest absolute Gasteiger partial charge is 0.227 e. The number of ether oxygens (including phenoxy) is 3. The Morgan fingerprint density at radius 1 is 1.03 bits per heavy atom. The molecule has 9 heteroatoms. The molecule has 1 unspecified atom stereocenters. The minimum absolute atomic E-state index is 0.132. The third kappa shape index (κ3) is 4.67. The van der Waals surface area contributed by atoms with Gasteiger partial charge in [0.05, 0.1) is 25.8 Å². The zero-order chi connectivity index (χ0) is 22.7. The van der Waals surface area contributed by atoms with Gasteiger partial charge in [0.1, 0.15) is 5.82 Å². The zero-order valence-electron chi connectivity index (χ0n) is 19.4. The van der Waals surface area contributed by atoms with Crippen molar-refractivity contribution in [2.75, 3.05) is 57.7 Å². The molecule has 1 amide bonds. The van der Waals surface area contributed by atoms with Crippen LogP contribution in [0.15, 0.2) is 12.1 Å². The molecule has 174 valence electrons. The summed E-state index contributed by atoms with van der Waals surface area (Å²) in [5.74, 6) is 2.89. The number of hydrogen-bond acceptors (Lipinski definition) is 8. The number of hydrogen-bond donors (Lipinski definition) is 1. The number of nitrogens with one attached hydrogen (secondary N) is 1. The Kier molecular flexibility index (Phi) is 6.83. The Morgan fingerprint density at radius 2 is 1.75 bits per heavy atom.